The quantitative estimate of drug-likeness (QED) is 0.893. The average molecular weight is 248 g/mol. The highest BCUT2D eigenvalue weighted by Gasteiger charge is 2.39. The molecule has 1 rings (SSSR count). The first-order valence-electron chi connectivity index (χ1n) is 4.83. The molecule has 94 valence electrons. The summed E-state index contributed by atoms with van der Waals surface area (Å²) in [4.78, 5) is 10.8. The van der Waals surface area contributed by atoms with Gasteiger partial charge in [0.1, 0.15) is 11.3 Å². The molecule has 0 radical (unpaired) electrons. The fourth-order valence-electron chi connectivity index (χ4n) is 1.35. The van der Waals surface area contributed by atoms with E-state index < -0.39 is 35.1 Å². The van der Waals surface area contributed by atoms with E-state index in [9.17, 15) is 18.0 Å². The lowest BCUT2D eigenvalue weighted by atomic mass is 10.1. The van der Waals surface area contributed by atoms with Crippen LogP contribution in [0, 0.1) is 0 Å². The molecule has 1 aromatic rings. The van der Waals surface area contributed by atoms with Crippen LogP contribution in [0.4, 0.5) is 13.2 Å². The molecule has 1 N–H and O–H groups in total. The Morgan fingerprint density at radius 1 is 1.35 bits per heavy atom. The number of carboxylic acids is 1. The lowest BCUT2D eigenvalue weighted by Gasteiger charge is -2.17. The maximum atomic E-state index is 12.8. The Labute approximate surface area is 95.8 Å². The Balaban J connectivity index is 3.40. The second-order valence-corrected chi connectivity index (χ2v) is 3.65. The molecule has 0 atom stereocenters. The van der Waals surface area contributed by atoms with Gasteiger partial charge in [0, 0.05) is 0 Å². The van der Waals surface area contributed by atoms with Gasteiger partial charge in [0.2, 0.25) is 0 Å². The normalized spacial score (nSPS) is 11.6. The van der Waals surface area contributed by atoms with Crippen LogP contribution in [0.15, 0.2) is 18.2 Å². The van der Waals surface area contributed by atoms with E-state index in [0.29, 0.717) is 0 Å². The first-order chi connectivity index (χ1) is 7.73. The van der Waals surface area contributed by atoms with Gasteiger partial charge in [-0.15, -0.1) is 0 Å². The van der Waals surface area contributed by atoms with Gasteiger partial charge in [0.25, 0.3) is 0 Å². The molecule has 0 saturated heterocycles. The standard InChI is InChI=1S/C11H11F3O3/c1-6(2)17-8-5-3-4-7(10(15)16)9(8)11(12,13)14/h3-6H,1-2H3,(H,15,16). The van der Waals surface area contributed by atoms with Crippen molar-refractivity contribution in [3.8, 4) is 5.75 Å². The summed E-state index contributed by atoms with van der Waals surface area (Å²) in [6.45, 7) is 3.13. The summed E-state index contributed by atoms with van der Waals surface area (Å²) in [5.41, 5.74) is -2.06. The van der Waals surface area contributed by atoms with E-state index in [1.165, 1.54) is 6.07 Å². The minimum absolute atomic E-state index is 0.465. The fraction of sp³-hybridized carbons (Fsp3) is 0.364. The molecule has 0 bridgehead atoms. The first-order valence-corrected chi connectivity index (χ1v) is 4.83. The zero-order valence-electron chi connectivity index (χ0n) is 9.21. The smallest absolute Gasteiger partial charge is 0.420 e. The summed E-state index contributed by atoms with van der Waals surface area (Å²) < 4.78 is 43.3. The van der Waals surface area contributed by atoms with Crippen LogP contribution in [0.25, 0.3) is 0 Å². The third kappa shape index (κ3) is 3.12. The number of aromatic carboxylic acids is 1. The van der Waals surface area contributed by atoms with Crippen molar-refractivity contribution in [1.29, 1.82) is 0 Å². The SMILES string of the molecule is CC(C)Oc1cccc(C(=O)O)c1C(F)(F)F. The Kier molecular flexibility index (Phi) is 3.65. The molecule has 0 unspecified atom stereocenters. The van der Waals surface area contributed by atoms with Gasteiger partial charge in [0.15, 0.2) is 0 Å². The molecular weight excluding hydrogens is 237 g/mol. The minimum Gasteiger partial charge on any atom is -0.490 e. The van der Waals surface area contributed by atoms with Crippen LogP contribution in [0.3, 0.4) is 0 Å². The van der Waals surface area contributed by atoms with E-state index in [1.54, 1.807) is 13.8 Å². The van der Waals surface area contributed by atoms with Crippen molar-refractivity contribution in [2.45, 2.75) is 26.1 Å². The average Bonchev–Trinajstić information content (AvgIpc) is 2.14. The summed E-state index contributed by atoms with van der Waals surface area (Å²) in [5.74, 6) is -2.10. The molecule has 0 aliphatic heterocycles. The first kappa shape index (κ1) is 13.3. The molecule has 0 aliphatic rings. The number of benzene rings is 1. The summed E-state index contributed by atoms with van der Waals surface area (Å²) in [5, 5.41) is 8.73. The fourth-order valence-corrected chi connectivity index (χ4v) is 1.35. The highest BCUT2D eigenvalue weighted by atomic mass is 19.4. The Bertz CT molecular complexity index is 424. The Hall–Kier alpha value is -1.72. The molecule has 0 spiro atoms. The summed E-state index contributed by atoms with van der Waals surface area (Å²) in [7, 11) is 0. The minimum atomic E-state index is -4.76. The van der Waals surface area contributed by atoms with Crippen LogP contribution >= 0.6 is 0 Å². The number of hydrogen-bond donors (Lipinski definition) is 1. The monoisotopic (exact) mass is 248 g/mol. The van der Waals surface area contributed by atoms with Gasteiger partial charge in [-0.05, 0) is 26.0 Å². The predicted octanol–water partition coefficient (Wildman–Crippen LogP) is 3.19. The van der Waals surface area contributed by atoms with E-state index in [0.717, 1.165) is 12.1 Å². The van der Waals surface area contributed by atoms with Crippen LogP contribution in [-0.2, 0) is 6.18 Å². The highest BCUT2D eigenvalue weighted by molar-refractivity contribution is 5.90. The molecule has 1 aromatic carbocycles. The van der Waals surface area contributed by atoms with Crippen LogP contribution < -0.4 is 4.74 Å². The number of hydrogen-bond acceptors (Lipinski definition) is 2. The highest BCUT2D eigenvalue weighted by Crippen LogP contribution is 2.39. The molecule has 0 aromatic heterocycles. The number of ether oxygens (including phenoxy) is 1. The second-order valence-electron chi connectivity index (χ2n) is 3.65. The van der Waals surface area contributed by atoms with Crippen LogP contribution in [0.1, 0.15) is 29.8 Å². The zero-order valence-corrected chi connectivity index (χ0v) is 9.21. The van der Waals surface area contributed by atoms with E-state index in [2.05, 4.69) is 0 Å². The number of halogens is 3. The van der Waals surface area contributed by atoms with E-state index >= 15 is 0 Å². The van der Waals surface area contributed by atoms with Gasteiger partial charge < -0.3 is 9.84 Å². The number of alkyl halides is 3. The third-order valence-electron chi connectivity index (χ3n) is 1.90. The van der Waals surface area contributed by atoms with E-state index in [4.69, 9.17) is 9.84 Å². The van der Waals surface area contributed by atoms with Crippen LogP contribution in [0.5, 0.6) is 5.75 Å². The molecule has 0 saturated carbocycles. The van der Waals surface area contributed by atoms with Gasteiger partial charge in [-0.3, -0.25) is 0 Å². The van der Waals surface area contributed by atoms with E-state index in [1.807, 2.05) is 0 Å². The van der Waals surface area contributed by atoms with Crippen LogP contribution in [-0.4, -0.2) is 17.2 Å². The van der Waals surface area contributed by atoms with Crippen molar-refractivity contribution in [2.75, 3.05) is 0 Å². The van der Waals surface area contributed by atoms with Gasteiger partial charge in [0.05, 0.1) is 11.7 Å². The van der Waals surface area contributed by atoms with Crippen molar-refractivity contribution in [3.63, 3.8) is 0 Å². The molecule has 3 nitrogen and oxygen atoms in total. The molecule has 6 heteroatoms. The van der Waals surface area contributed by atoms with Crippen molar-refractivity contribution < 1.29 is 27.8 Å². The van der Waals surface area contributed by atoms with Crippen molar-refractivity contribution >= 4 is 5.97 Å². The summed E-state index contributed by atoms with van der Waals surface area (Å²) >= 11 is 0. The van der Waals surface area contributed by atoms with Crippen molar-refractivity contribution in [2.24, 2.45) is 0 Å². The number of rotatable bonds is 3. The molecular formula is C11H11F3O3. The maximum absolute atomic E-state index is 12.8. The Morgan fingerprint density at radius 2 is 1.94 bits per heavy atom. The molecule has 0 amide bonds. The second kappa shape index (κ2) is 4.65. The van der Waals surface area contributed by atoms with Crippen LogP contribution in [0.2, 0.25) is 0 Å². The number of carbonyl (C=O) groups is 1. The number of carboxylic acid groups (broad SMARTS) is 1. The van der Waals surface area contributed by atoms with Gasteiger partial charge in [-0.2, -0.15) is 13.2 Å². The van der Waals surface area contributed by atoms with Gasteiger partial charge in [-0.1, -0.05) is 6.07 Å². The molecule has 17 heavy (non-hydrogen) atoms. The topological polar surface area (TPSA) is 46.5 Å². The molecule has 0 aliphatic carbocycles. The van der Waals surface area contributed by atoms with Gasteiger partial charge in [-0.25, -0.2) is 4.79 Å². The zero-order chi connectivity index (χ0) is 13.2. The maximum Gasteiger partial charge on any atom is 0.420 e. The molecule has 0 heterocycles. The van der Waals surface area contributed by atoms with Gasteiger partial charge >= 0.3 is 12.1 Å². The van der Waals surface area contributed by atoms with E-state index in [-0.39, 0.29) is 0 Å². The third-order valence-corrected chi connectivity index (χ3v) is 1.90. The lowest BCUT2D eigenvalue weighted by molar-refractivity contribution is -0.139. The van der Waals surface area contributed by atoms with Crippen molar-refractivity contribution in [1.82, 2.24) is 0 Å². The lowest BCUT2D eigenvalue weighted by Crippen LogP contribution is -2.17. The summed E-state index contributed by atoms with van der Waals surface area (Å²) in [6.07, 6.45) is -5.24. The Morgan fingerprint density at radius 3 is 2.35 bits per heavy atom. The largest absolute Gasteiger partial charge is 0.490 e. The summed E-state index contributed by atoms with van der Waals surface area (Å²) in [6, 6.07) is 3.23. The van der Waals surface area contributed by atoms with Crippen molar-refractivity contribution in [3.05, 3.63) is 29.3 Å². The predicted molar refractivity (Wildman–Crippen MR) is 54.2 cm³/mol. The molecule has 0 fully saturated rings.